The summed E-state index contributed by atoms with van der Waals surface area (Å²) in [6.07, 6.45) is 0.806. The van der Waals surface area contributed by atoms with E-state index in [-0.39, 0.29) is 15.8 Å². The monoisotopic (exact) mass is 380 g/mol. The van der Waals surface area contributed by atoms with Gasteiger partial charge in [-0.15, -0.1) is 0 Å². The lowest BCUT2D eigenvalue weighted by Gasteiger charge is -2.26. The molecule has 1 atom stereocenters. The number of halogens is 1. The molecule has 132 valence electrons. The van der Waals surface area contributed by atoms with Gasteiger partial charge in [-0.3, -0.25) is 9.52 Å². The zero-order chi connectivity index (χ0) is 18.0. The maximum atomic E-state index is 12.5. The summed E-state index contributed by atoms with van der Waals surface area (Å²) in [6, 6.07) is 10.9. The minimum Gasteiger partial charge on any atom is -0.478 e. The summed E-state index contributed by atoms with van der Waals surface area (Å²) in [7, 11) is -3.83. The topological polar surface area (TPSA) is 84.5 Å². The van der Waals surface area contributed by atoms with Crippen molar-refractivity contribution in [1.82, 2.24) is 0 Å². The molecule has 2 N–H and O–H groups in total. The van der Waals surface area contributed by atoms with E-state index in [0.717, 1.165) is 6.42 Å². The average molecular weight is 381 g/mol. The molecular formula is C17H17ClN2O4S. The van der Waals surface area contributed by atoms with Crippen molar-refractivity contribution in [3.8, 4) is 5.75 Å². The number of fused-ring (bicyclic) bond motifs is 1. The summed E-state index contributed by atoms with van der Waals surface area (Å²) in [5.41, 5.74) is 0.836. The molecule has 25 heavy (non-hydrogen) atoms. The van der Waals surface area contributed by atoms with E-state index in [0.29, 0.717) is 23.5 Å². The van der Waals surface area contributed by atoms with Crippen LogP contribution in [0.1, 0.15) is 19.8 Å². The molecular weight excluding hydrogens is 364 g/mol. The maximum Gasteiger partial charge on any atom is 0.265 e. The van der Waals surface area contributed by atoms with Gasteiger partial charge in [0.2, 0.25) is 0 Å². The first kappa shape index (κ1) is 17.6. The van der Waals surface area contributed by atoms with Gasteiger partial charge >= 0.3 is 0 Å². The molecule has 0 bridgehead atoms. The molecule has 1 aliphatic heterocycles. The van der Waals surface area contributed by atoms with Crippen molar-refractivity contribution in [3.05, 3.63) is 47.5 Å². The van der Waals surface area contributed by atoms with E-state index in [1.165, 1.54) is 12.1 Å². The lowest BCUT2D eigenvalue weighted by Crippen LogP contribution is -2.36. The van der Waals surface area contributed by atoms with E-state index >= 15 is 0 Å². The van der Waals surface area contributed by atoms with Crippen LogP contribution in [0, 0.1) is 0 Å². The minimum absolute atomic E-state index is 0.00697. The van der Waals surface area contributed by atoms with E-state index in [1.54, 1.807) is 30.3 Å². The third-order valence-electron chi connectivity index (χ3n) is 3.73. The van der Waals surface area contributed by atoms with Gasteiger partial charge in [-0.1, -0.05) is 37.1 Å². The van der Waals surface area contributed by atoms with Crippen LogP contribution in [0.4, 0.5) is 11.4 Å². The number of anilines is 2. The number of sulfonamides is 1. The highest BCUT2D eigenvalue weighted by molar-refractivity contribution is 7.92. The smallest absolute Gasteiger partial charge is 0.265 e. The third kappa shape index (κ3) is 3.72. The van der Waals surface area contributed by atoms with Gasteiger partial charge < -0.3 is 10.1 Å². The number of rotatable bonds is 5. The van der Waals surface area contributed by atoms with Crippen molar-refractivity contribution >= 4 is 38.9 Å². The van der Waals surface area contributed by atoms with Gasteiger partial charge in [-0.05, 0) is 30.7 Å². The zero-order valence-corrected chi connectivity index (χ0v) is 15.0. The van der Waals surface area contributed by atoms with Crippen LogP contribution in [0.3, 0.4) is 0 Å². The van der Waals surface area contributed by atoms with Crippen molar-refractivity contribution in [2.45, 2.75) is 30.8 Å². The molecule has 1 unspecified atom stereocenters. The molecule has 8 heteroatoms. The summed E-state index contributed by atoms with van der Waals surface area (Å²) < 4.78 is 33.2. The van der Waals surface area contributed by atoms with Crippen LogP contribution < -0.4 is 14.8 Å². The Hall–Kier alpha value is -2.25. The predicted molar refractivity (Wildman–Crippen MR) is 96.7 cm³/mol. The predicted octanol–water partition coefficient (Wildman–Crippen LogP) is 3.64. The van der Waals surface area contributed by atoms with E-state index in [4.69, 9.17) is 16.3 Å². The summed E-state index contributed by atoms with van der Waals surface area (Å²) in [6.45, 7) is 1.96. The third-order valence-corrected chi connectivity index (χ3v) is 5.61. The van der Waals surface area contributed by atoms with Crippen LogP contribution in [0.15, 0.2) is 47.4 Å². The van der Waals surface area contributed by atoms with Gasteiger partial charge in [0.05, 0.1) is 16.4 Å². The fourth-order valence-corrected chi connectivity index (χ4v) is 4.10. The van der Waals surface area contributed by atoms with Crippen LogP contribution in [0.25, 0.3) is 0 Å². The average Bonchev–Trinajstić information content (AvgIpc) is 2.56. The van der Waals surface area contributed by atoms with E-state index in [2.05, 4.69) is 10.0 Å². The number of hydrogen-bond donors (Lipinski definition) is 2. The number of benzene rings is 2. The number of carbonyl (C=O) groups excluding carboxylic acids is 1. The zero-order valence-electron chi connectivity index (χ0n) is 13.5. The van der Waals surface area contributed by atoms with E-state index < -0.39 is 16.1 Å². The molecule has 0 fully saturated rings. The molecule has 3 rings (SSSR count). The Morgan fingerprint density at radius 2 is 2.00 bits per heavy atom. The molecule has 1 heterocycles. The van der Waals surface area contributed by atoms with Crippen LogP contribution in [-0.4, -0.2) is 20.4 Å². The molecule has 0 aliphatic carbocycles. The van der Waals surface area contributed by atoms with Crippen molar-refractivity contribution < 1.29 is 17.9 Å². The fraction of sp³-hybridized carbons (Fsp3) is 0.235. The second-order valence-electron chi connectivity index (χ2n) is 5.63. The Morgan fingerprint density at radius 1 is 1.24 bits per heavy atom. The highest BCUT2D eigenvalue weighted by atomic mass is 35.5. The van der Waals surface area contributed by atoms with E-state index in [9.17, 15) is 13.2 Å². The lowest BCUT2D eigenvalue weighted by molar-refractivity contribution is -0.123. The molecule has 0 saturated heterocycles. The first-order valence-electron chi connectivity index (χ1n) is 7.79. The summed E-state index contributed by atoms with van der Waals surface area (Å²) in [4.78, 5) is 11.9. The SMILES string of the molecule is CCCC1Oc2cc(NS(=O)(=O)c3ccccc3Cl)ccc2NC1=O. The van der Waals surface area contributed by atoms with Crippen molar-refractivity contribution in [1.29, 1.82) is 0 Å². The number of carbonyl (C=O) groups is 1. The normalized spacial score (nSPS) is 16.6. The lowest BCUT2D eigenvalue weighted by atomic mass is 10.1. The Balaban J connectivity index is 1.87. The van der Waals surface area contributed by atoms with Crippen molar-refractivity contribution in [2.75, 3.05) is 10.0 Å². The molecule has 2 aromatic rings. The van der Waals surface area contributed by atoms with Crippen LogP contribution in [-0.2, 0) is 14.8 Å². The largest absolute Gasteiger partial charge is 0.478 e. The van der Waals surface area contributed by atoms with Gasteiger partial charge in [0.25, 0.3) is 15.9 Å². The molecule has 2 aromatic carbocycles. The van der Waals surface area contributed by atoms with Crippen molar-refractivity contribution in [3.63, 3.8) is 0 Å². The molecule has 0 saturated carbocycles. The number of hydrogen-bond acceptors (Lipinski definition) is 4. The Bertz CT molecular complexity index is 915. The molecule has 1 aliphatic rings. The Kier molecular flexibility index (Phi) is 4.87. The number of nitrogens with one attached hydrogen (secondary N) is 2. The Labute approximate surface area is 151 Å². The molecule has 0 spiro atoms. The van der Waals surface area contributed by atoms with Gasteiger partial charge in [0.1, 0.15) is 10.6 Å². The summed E-state index contributed by atoms with van der Waals surface area (Å²) in [5.74, 6) is 0.233. The minimum atomic E-state index is -3.83. The van der Waals surface area contributed by atoms with Gasteiger partial charge in [-0.25, -0.2) is 8.42 Å². The summed E-state index contributed by atoms with van der Waals surface area (Å²) >= 11 is 5.97. The fourth-order valence-electron chi connectivity index (χ4n) is 2.53. The van der Waals surface area contributed by atoms with Gasteiger partial charge in [0.15, 0.2) is 6.10 Å². The maximum absolute atomic E-state index is 12.5. The van der Waals surface area contributed by atoms with E-state index in [1.807, 2.05) is 6.92 Å². The van der Waals surface area contributed by atoms with Crippen molar-refractivity contribution in [2.24, 2.45) is 0 Å². The van der Waals surface area contributed by atoms with Crippen LogP contribution >= 0.6 is 11.6 Å². The first-order chi connectivity index (χ1) is 11.9. The highest BCUT2D eigenvalue weighted by Gasteiger charge is 2.27. The van der Waals surface area contributed by atoms with Crippen LogP contribution in [0.5, 0.6) is 5.75 Å². The Morgan fingerprint density at radius 3 is 2.72 bits per heavy atom. The van der Waals surface area contributed by atoms with Crippen LogP contribution in [0.2, 0.25) is 5.02 Å². The van der Waals surface area contributed by atoms with Gasteiger partial charge in [0, 0.05) is 6.07 Å². The highest BCUT2D eigenvalue weighted by Crippen LogP contribution is 2.34. The molecule has 1 amide bonds. The van der Waals surface area contributed by atoms with Gasteiger partial charge in [-0.2, -0.15) is 0 Å². The number of ether oxygens (including phenoxy) is 1. The second kappa shape index (κ2) is 6.93. The number of amides is 1. The molecule has 0 aromatic heterocycles. The quantitative estimate of drug-likeness (QED) is 0.829. The summed E-state index contributed by atoms with van der Waals surface area (Å²) in [5, 5.41) is 2.90. The molecule has 0 radical (unpaired) electrons. The second-order valence-corrected chi connectivity index (χ2v) is 7.69. The molecule has 6 nitrogen and oxygen atoms in total. The standard InChI is InChI=1S/C17H17ClN2O4S/c1-2-5-14-17(21)19-13-9-8-11(10-15(13)24-14)20-25(22,23)16-7-4-3-6-12(16)18/h3-4,6-10,14,20H,2,5H2,1H3,(H,19,21). The first-order valence-corrected chi connectivity index (χ1v) is 9.66.